The van der Waals surface area contributed by atoms with Gasteiger partial charge in [0.1, 0.15) is 6.17 Å². The number of anilines is 3. The van der Waals surface area contributed by atoms with Crippen LogP contribution in [0.1, 0.15) is 30.0 Å². The van der Waals surface area contributed by atoms with Gasteiger partial charge in [-0.25, -0.2) is 17.9 Å². The number of benzene rings is 3. The molecule has 0 bridgehead atoms. The number of nitrogens with zero attached hydrogens (tertiary/aromatic N) is 1. The van der Waals surface area contributed by atoms with Gasteiger partial charge < -0.3 is 15.5 Å². The van der Waals surface area contributed by atoms with E-state index in [4.69, 9.17) is 0 Å². The van der Waals surface area contributed by atoms with Gasteiger partial charge in [-0.05, 0) is 73.7 Å². The van der Waals surface area contributed by atoms with E-state index in [1.165, 1.54) is 17.3 Å². The van der Waals surface area contributed by atoms with Crippen LogP contribution in [0.3, 0.4) is 0 Å². The summed E-state index contributed by atoms with van der Waals surface area (Å²) in [6.45, 7) is 6.26. The quantitative estimate of drug-likeness (QED) is 0.452. The molecular weight excluding hydrogens is 448 g/mol. The number of amides is 2. The first-order chi connectivity index (χ1) is 16.3. The number of rotatable bonds is 7. The Bertz CT molecular complexity index is 1290. The lowest BCUT2D eigenvalue weighted by atomic mass is 10.1. The lowest BCUT2D eigenvalue weighted by Gasteiger charge is -2.26. The number of fused-ring (bicyclic) bond motifs is 1. The van der Waals surface area contributed by atoms with Crippen LogP contribution in [-0.4, -0.2) is 27.2 Å². The summed E-state index contributed by atoms with van der Waals surface area (Å²) >= 11 is 0. The number of carbonyl (C=O) groups is 1. The second-order valence-electron chi connectivity index (χ2n) is 8.50. The maximum Gasteiger partial charge on any atom is 0.328 e. The van der Waals surface area contributed by atoms with Crippen molar-refractivity contribution in [1.82, 2.24) is 10.0 Å². The highest BCUT2D eigenvalue weighted by Crippen LogP contribution is 2.41. The molecule has 1 aliphatic rings. The molecule has 1 heterocycles. The molecule has 1 atom stereocenters. The summed E-state index contributed by atoms with van der Waals surface area (Å²) in [5.74, 6) is 0. The molecule has 0 fully saturated rings. The Kier molecular flexibility index (Phi) is 6.79. The summed E-state index contributed by atoms with van der Waals surface area (Å²) in [5, 5.41) is 6.22. The lowest BCUT2D eigenvalue weighted by Crippen LogP contribution is -2.40. The number of aryl methyl sites for hydroxylation is 2. The first kappa shape index (κ1) is 23.6. The van der Waals surface area contributed by atoms with E-state index in [9.17, 15) is 13.2 Å². The van der Waals surface area contributed by atoms with Gasteiger partial charge >= 0.3 is 6.03 Å². The SMILES string of the molecule is CCC1Nc2cc(C)ccc2N1c1ccc(CCNC(=O)NS(=O)(=O)c2ccccc2C)cc1. The summed E-state index contributed by atoms with van der Waals surface area (Å²) in [5.41, 5.74) is 6.27. The van der Waals surface area contributed by atoms with Crippen LogP contribution >= 0.6 is 0 Å². The smallest absolute Gasteiger partial charge is 0.328 e. The van der Waals surface area contributed by atoms with Gasteiger partial charge in [0.2, 0.25) is 0 Å². The highest BCUT2D eigenvalue weighted by molar-refractivity contribution is 7.90. The second kappa shape index (κ2) is 9.77. The summed E-state index contributed by atoms with van der Waals surface area (Å²) in [4.78, 5) is 14.6. The maximum atomic E-state index is 12.4. The Balaban J connectivity index is 1.35. The minimum absolute atomic E-state index is 0.0965. The van der Waals surface area contributed by atoms with Crippen LogP contribution in [0.5, 0.6) is 0 Å². The monoisotopic (exact) mass is 478 g/mol. The molecule has 2 amide bonds. The van der Waals surface area contributed by atoms with E-state index < -0.39 is 16.1 Å². The van der Waals surface area contributed by atoms with Gasteiger partial charge in [-0.15, -0.1) is 0 Å². The van der Waals surface area contributed by atoms with Crippen molar-refractivity contribution in [3.05, 3.63) is 83.4 Å². The van der Waals surface area contributed by atoms with Crippen LogP contribution in [-0.2, 0) is 16.4 Å². The number of hydrogen-bond donors (Lipinski definition) is 3. The van der Waals surface area contributed by atoms with Gasteiger partial charge in [-0.2, -0.15) is 0 Å². The topological polar surface area (TPSA) is 90.5 Å². The number of hydrogen-bond acceptors (Lipinski definition) is 5. The molecule has 7 nitrogen and oxygen atoms in total. The summed E-state index contributed by atoms with van der Waals surface area (Å²) < 4.78 is 27.0. The molecule has 178 valence electrons. The van der Waals surface area contributed by atoms with Crippen molar-refractivity contribution < 1.29 is 13.2 Å². The van der Waals surface area contributed by atoms with Crippen LogP contribution in [0.15, 0.2) is 71.6 Å². The zero-order chi connectivity index (χ0) is 24.3. The van der Waals surface area contributed by atoms with Crippen LogP contribution < -0.4 is 20.3 Å². The minimum atomic E-state index is -3.91. The molecular formula is C26H30N4O3S. The van der Waals surface area contributed by atoms with E-state index >= 15 is 0 Å². The Hall–Kier alpha value is -3.52. The van der Waals surface area contributed by atoms with Gasteiger partial charge in [0, 0.05) is 12.2 Å². The van der Waals surface area contributed by atoms with Crippen molar-refractivity contribution in [1.29, 1.82) is 0 Å². The van der Waals surface area contributed by atoms with Crippen LogP contribution in [0.2, 0.25) is 0 Å². The largest absolute Gasteiger partial charge is 0.363 e. The average molecular weight is 479 g/mol. The van der Waals surface area contributed by atoms with E-state index in [2.05, 4.69) is 64.4 Å². The molecule has 34 heavy (non-hydrogen) atoms. The van der Waals surface area contributed by atoms with Crippen molar-refractivity contribution in [2.45, 2.75) is 44.7 Å². The Morgan fingerprint density at radius 3 is 2.47 bits per heavy atom. The van der Waals surface area contributed by atoms with Crippen molar-refractivity contribution in [3.63, 3.8) is 0 Å². The predicted octanol–water partition coefficient (Wildman–Crippen LogP) is 4.83. The Morgan fingerprint density at radius 2 is 1.76 bits per heavy atom. The summed E-state index contributed by atoms with van der Waals surface area (Å²) in [6, 6.07) is 20.5. The standard InChI is InChI=1S/C26H30N4O3S/c1-4-25-28-22-17-18(2)9-14-23(22)30(25)21-12-10-20(11-13-21)15-16-27-26(31)29-34(32,33)24-8-6-5-7-19(24)3/h5-14,17,25,28H,4,15-16H2,1-3H3,(H2,27,29,31). The molecule has 3 aromatic carbocycles. The highest BCUT2D eigenvalue weighted by atomic mass is 32.2. The van der Waals surface area contributed by atoms with Crippen LogP contribution in [0.25, 0.3) is 0 Å². The molecule has 0 saturated heterocycles. The maximum absolute atomic E-state index is 12.4. The molecule has 3 aromatic rings. The molecule has 3 N–H and O–H groups in total. The number of urea groups is 1. The predicted molar refractivity (Wildman–Crippen MR) is 136 cm³/mol. The second-order valence-corrected chi connectivity index (χ2v) is 10.2. The number of carbonyl (C=O) groups excluding carboxylic acids is 1. The zero-order valence-corrected chi connectivity index (χ0v) is 20.4. The average Bonchev–Trinajstić information content (AvgIpc) is 3.17. The van der Waals surface area contributed by atoms with Gasteiger partial charge in [-0.3, -0.25) is 0 Å². The molecule has 0 saturated carbocycles. The molecule has 0 radical (unpaired) electrons. The van der Waals surface area contributed by atoms with Gasteiger partial charge in [0.25, 0.3) is 10.0 Å². The third-order valence-corrected chi connectivity index (χ3v) is 7.45. The third kappa shape index (κ3) is 5.02. The fourth-order valence-electron chi connectivity index (χ4n) is 4.21. The molecule has 0 aromatic heterocycles. The van der Waals surface area contributed by atoms with Crippen LogP contribution in [0, 0.1) is 13.8 Å². The number of nitrogens with one attached hydrogen (secondary N) is 3. The van der Waals surface area contributed by atoms with E-state index in [1.807, 2.05) is 12.1 Å². The minimum Gasteiger partial charge on any atom is -0.363 e. The normalized spacial score (nSPS) is 14.9. The van der Waals surface area contributed by atoms with Gasteiger partial charge in [-0.1, -0.05) is 43.3 Å². The summed E-state index contributed by atoms with van der Waals surface area (Å²) in [6.07, 6.45) is 1.74. The fraction of sp³-hybridized carbons (Fsp3) is 0.269. The molecule has 0 aliphatic carbocycles. The highest BCUT2D eigenvalue weighted by Gasteiger charge is 2.28. The fourth-order valence-corrected chi connectivity index (χ4v) is 5.38. The molecule has 0 spiro atoms. The molecule has 1 unspecified atom stereocenters. The Labute approximate surface area is 201 Å². The van der Waals surface area contributed by atoms with Crippen LogP contribution in [0.4, 0.5) is 21.9 Å². The van der Waals surface area contributed by atoms with Crippen molar-refractivity contribution in [2.24, 2.45) is 0 Å². The summed E-state index contributed by atoms with van der Waals surface area (Å²) in [7, 11) is -3.91. The van der Waals surface area contributed by atoms with Gasteiger partial charge in [0.05, 0.1) is 16.3 Å². The lowest BCUT2D eigenvalue weighted by molar-refractivity contribution is 0.246. The Morgan fingerprint density at radius 1 is 1.03 bits per heavy atom. The van der Waals surface area contributed by atoms with E-state index in [1.54, 1.807) is 25.1 Å². The first-order valence-electron chi connectivity index (χ1n) is 11.4. The van der Waals surface area contributed by atoms with Gasteiger partial charge in [0.15, 0.2) is 0 Å². The van der Waals surface area contributed by atoms with Crippen molar-refractivity contribution in [2.75, 3.05) is 16.8 Å². The van der Waals surface area contributed by atoms with E-state index in [-0.39, 0.29) is 11.1 Å². The van der Waals surface area contributed by atoms with Crippen molar-refractivity contribution in [3.8, 4) is 0 Å². The van der Waals surface area contributed by atoms with E-state index in [0.717, 1.165) is 23.4 Å². The first-order valence-corrected chi connectivity index (χ1v) is 12.9. The third-order valence-electron chi connectivity index (χ3n) is 5.96. The van der Waals surface area contributed by atoms with Crippen molar-refractivity contribution >= 4 is 33.1 Å². The number of sulfonamides is 1. The molecule has 1 aliphatic heterocycles. The van der Waals surface area contributed by atoms with E-state index in [0.29, 0.717) is 18.5 Å². The zero-order valence-electron chi connectivity index (χ0n) is 19.6. The molecule has 8 heteroatoms. The molecule has 4 rings (SSSR count).